The van der Waals surface area contributed by atoms with Gasteiger partial charge in [0.1, 0.15) is 11.6 Å². The fraction of sp³-hybridized carbons (Fsp3) is 0.650. The van der Waals surface area contributed by atoms with Gasteiger partial charge in [0.05, 0.1) is 6.54 Å². The molecule has 1 atom stereocenters. The Hall–Kier alpha value is -1.79. The van der Waals surface area contributed by atoms with Gasteiger partial charge in [0.2, 0.25) is 0 Å². The second-order valence-electron chi connectivity index (χ2n) is 7.81. The predicted octanol–water partition coefficient (Wildman–Crippen LogP) is 2.58. The average molecular weight is 355 g/mol. The van der Waals surface area contributed by atoms with Crippen LogP contribution in [-0.2, 0) is 20.1 Å². The zero-order chi connectivity index (χ0) is 17.8. The third-order valence-electron chi connectivity index (χ3n) is 5.81. The minimum atomic E-state index is 0.480. The average Bonchev–Trinajstić information content (AvgIpc) is 3.04. The quantitative estimate of drug-likeness (QED) is 0.826. The van der Waals surface area contributed by atoms with E-state index in [2.05, 4.69) is 42.7 Å². The molecule has 2 fully saturated rings. The number of likely N-dealkylation sites (tertiary alicyclic amines) is 2. The van der Waals surface area contributed by atoms with Crippen molar-refractivity contribution < 1.29 is 0 Å². The number of aromatic nitrogens is 4. The molecule has 0 radical (unpaired) electrons. The number of hydrogen-bond acceptors (Lipinski definition) is 5. The summed E-state index contributed by atoms with van der Waals surface area (Å²) >= 11 is 0. The molecule has 0 bridgehead atoms. The first-order valence-corrected chi connectivity index (χ1v) is 10.0. The lowest BCUT2D eigenvalue weighted by Gasteiger charge is -2.32. The van der Waals surface area contributed by atoms with E-state index in [4.69, 9.17) is 0 Å². The molecule has 4 rings (SSSR count). The van der Waals surface area contributed by atoms with Crippen molar-refractivity contribution >= 4 is 0 Å². The van der Waals surface area contributed by atoms with Crippen molar-refractivity contribution in [3.8, 4) is 0 Å². The van der Waals surface area contributed by atoms with Crippen LogP contribution in [0.2, 0.25) is 0 Å². The molecule has 0 saturated carbocycles. The summed E-state index contributed by atoms with van der Waals surface area (Å²) in [7, 11) is 2.15. The van der Waals surface area contributed by atoms with Crippen LogP contribution in [0.1, 0.15) is 55.2 Å². The largest absolute Gasteiger partial charge is 0.317 e. The van der Waals surface area contributed by atoms with Crippen LogP contribution in [0, 0.1) is 0 Å². The van der Waals surface area contributed by atoms with Gasteiger partial charge >= 0.3 is 0 Å². The molecule has 0 spiro atoms. The zero-order valence-corrected chi connectivity index (χ0v) is 15.8. The van der Waals surface area contributed by atoms with Crippen molar-refractivity contribution in [3.63, 3.8) is 0 Å². The Morgan fingerprint density at radius 1 is 1.00 bits per heavy atom. The van der Waals surface area contributed by atoms with Gasteiger partial charge < -0.3 is 4.57 Å². The number of rotatable bonds is 5. The summed E-state index contributed by atoms with van der Waals surface area (Å²) in [6, 6.07) is 4.18. The Morgan fingerprint density at radius 3 is 2.65 bits per heavy atom. The van der Waals surface area contributed by atoms with Gasteiger partial charge in [0.25, 0.3) is 0 Å². The second kappa shape index (κ2) is 8.27. The number of nitrogens with zero attached hydrogens (tertiary/aromatic N) is 6. The Morgan fingerprint density at radius 2 is 1.85 bits per heavy atom. The summed E-state index contributed by atoms with van der Waals surface area (Å²) in [5.41, 5.74) is 1.29. The van der Waals surface area contributed by atoms with Crippen molar-refractivity contribution in [1.82, 2.24) is 29.5 Å². The molecule has 0 N–H and O–H groups in total. The van der Waals surface area contributed by atoms with Crippen molar-refractivity contribution in [2.75, 3.05) is 26.2 Å². The Labute approximate surface area is 156 Å². The summed E-state index contributed by atoms with van der Waals surface area (Å²) in [4.78, 5) is 9.30. The molecule has 0 aromatic carbocycles. The van der Waals surface area contributed by atoms with Gasteiger partial charge in [0.15, 0.2) is 0 Å². The highest BCUT2D eigenvalue weighted by Gasteiger charge is 2.26. The van der Waals surface area contributed by atoms with Gasteiger partial charge in [-0.25, -0.2) is 0 Å². The Bertz CT molecular complexity index is 692. The lowest BCUT2D eigenvalue weighted by molar-refractivity contribution is 0.194. The highest BCUT2D eigenvalue weighted by Crippen LogP contribution is 2.27. The molecule has 2 aromatic heterocycles. The standard InChI is InChI=1S/C20H30N6/c1-24-19(16-25-10-3-2-4-11-25)22-23-20(24)18-8-6-12-26(15-18)14-17-7-5-9-21-13-17/h5,7,9,13,18H,2-4,6,8,10-12,14-16H2,1H3/t18-/m0/s1. The summed E-state index contributed by atoms with van der Waals surface area (Å²) in [5, 5.41) is 9.13. The van der Waals surface area contributed by atoms with Gasteiger partial charge in [-0.05, 0) is 56.9 Å². The van der Waals surface area contributed by atoms with Gasteiger partial charge in [-0.2, -0.15) is 0 Å². The van der Waals surface area contributed by atoms with E-state index in [9.17, 15) is 0 Å². The molecule has 2 aromatic rings. The van der Waals surface area contributed by atoms with Crippen LogP contribution in [0.15, 0.2) is 24.5 Å². The van der Waals surface area contributed by atoms with Crippen LogP contribution < -0.4 is 0 Å². The molecule has 2 saturated heterocycles. The van der Waals surface area contributed by atoms with E-state index in [1.807, 2.05) is 18.5 Å². The molecule has 6 heteroatoms. The van der Waals surface area contributed by atoms with E-state index in [1.165, 1.54) is 50.8 Å². The summed E-state index contributed by atoms with van der Waals surface area (Å²) < 4.78 is 2.26. The summed E-state index contributed by atoms with van der Waals surface area (Å²) in [6.45, 7) is 6.53. The van der Waals surface area contributed by atoms with Crippen molar-refractivity contribution in [2.24, 2.45) is 7.05 Å². The van der Waals surface area contributed by atoms with E-state index in [-0.39, 0.29) is 0 Å². The molecule has 2 aliphatic heterocycles. The number of pyridine rings is 1. The second-order valence-corrected chi connectivity index (χ2v) is 7.81. The molecule has 4 heterocycles. The van der Waals surface area contributed by atoms with Crippen LogP contribution in [-0.4, -0.2) is 55.7 Å². The van der Waals surface area contributed by atoms with Crippen LogP contribution in [0.25, 0.3) is 0 Å². The Balaban J connectivity index is 1.40. The SMILES string of the molecule is Cn1c(CN2CCCCC2)nnc1[C@H]1CCCN(Cc2cccnc2)C1. The minimum Gasteiger partial charge on any atom is -0.317 e. The highest BCUT2D eigenvalue weighted by atomic mass is 15.3. The Kier molecular flexibility index (Phi) is 5.60. The first kappa shape index (κ1) is 17.6. The third kappa shape index (κ3) is 4.13. The van der Waals surface area contributed by atoms with Crippen LogP contribution >= 0.6 is 0 Å². The maximum atomic E-state index is 4.59. The van der Waals surface area contributed by atoms with Gasteiger partial charge in [-0.3, -0.25) is 14.8 Å². The van der Waals surface area contributed by atoms with Gasteiger partial charge in [0, 0.05) is 38.4 Å². The van der Waals surface area contributed by atoms with Crippen molar-refractivity contribution in [1.29, 1.82) is 0 Å². The molecule has 140 valence electrons. The summed E-state index contributed by atoms with van der Waals surface area (Å²) in [5.74, 6) is 2.76. The highest BCUT2D eigenvalue weighted by molar-refractivity contribution is 5.09. The molecule has 0 unspecified atom stereocenters. The smallest absolute Gasteiger partial charge is 0.146 e. The first-order chi connectivity index (χ1) is 12.8. The van der Waals surface area contributed by atoms with E-state index in [0.717, 1.165) is 37.8 Å². The fourth-order valence-corrected chi connectivity index (χ4v) is 4.35. The predicted molar refractivity (Wildman–Crippen MR) is 102 cm³/mol. The molecule has 6 nitrogen and oxygen atoms in total. The lowest BCUT2D eigenvalue weighted by Crippen LogP contribution is -2.35. The van der Waals surface area contributed by atoms with Crippen LogP contribution in [0.4, 0.5) is 0 Å². The van der Waals surface area contributed by atoms with Crippen LogP contribution in [0.3, 0.4) is 0 Å². The topological polar surface area (TPSA) is 50.1 Å². The molecule has 0 amide bonds. The monoisotopic (exact) mass is 354 g/mol. The van der Waals surface area contributed by atoms with Gasteiger partial charge in [-0.15, -0.1) is 10.2 Å². The third-order valence-corrected chi connectivity index (χ3v) is 5.81. The molecular formula is C20H30N6. The summed E-state index contributed by atoms with van der Waals surface area (Å²) in [6.07, 6.45) is 10.2. The van der Waals surface area contributed by atoms with Crippen molar-refractivity contribution in [3.05, 3.63) is 41.7 Å². The van der Waals surface area contributed by atoms with Gasteiger partial charge in [-0.1, -0.05) is 12.5 Å². The lowest BCUT2D eigenvalue weighted by atomic mass is 9.97. The maximum absolute atomic E-state index is 4.59. The minimum absolute atomic E-state index is 0.480. The normalized spacial score (nSPS) is 22.6. The number of piperidine rings is 2. The van der Waals surface area contributed by atoms with E-state index in [0.29, 0.717) is 5.92 Å². The number of hydrogen-bond donors (Lipinski definition) is 0. The fourth-order valence-electron chi connectivity index (χ4n) is 4.35. The molecule has 26 heavy (non-hydrogen) atoms. The zero-order valence-electron chi connectivity index (χ0n) is 15.8. The molecular weight excluding hydrogens is 324 g/mol. The van der Waals surface area contributed by atoms with E-state index in [1.54, 1.807) is 0 Å². The maximum Gasteiger partial charge on any atom is 0.146 e. The van der Waals surface area contributed by atoms with Crippen LogP contribution in [0.5, 0.6) is 0 Å². The molecule has 2 aliphatic rings. The molecule has 0 aliphatic carbocycles. The van der Waals surface area contributed by atoms with E-state index >= 15 is 0 Å². The van der Waals surface area contributed by atoms with E-state index < -0.39 is 0 Å². The van der Waals surface area contributed by atoms with Crippen molar-refractivity contribution in [2.45, 2.75) is 51.1 Å². The first-order valence-electron chi connectivity index (χ1n) is 10.0.